The number of methoxy groups -OCH3 is 1. The Kier molecular flexibility index (Phi) is 6.26. The number of nitriles is 1. The van der Waals surface area contributed by atoms with Gasteiger partial charge in [-0.05, 0) is 35.4 Å². The molecule has 0 aliphatic rings. The van der Waals surface area contributed by atoms with E-state index in [4.69, 9.17) is 4.74 Å². The molecule has 0 fully saturated rings. The molecule has 1 N–H and O–H groups in total. The SMILES string of the molecule is COC(c1ccnc(C(F)(F)F)c1)C(C#N)C(O)c1ccnc(C(F)(F)F)c1. The molecule has 28 heavy (non-hydrogen) atoms. The van der Waals surface area contributed by atoms with Crippen LogP contribution < -0.4 is 0 Å². The van der Waals surface area contributed by atoms with E-state index in [2.05, 4.69) is 9.97 Å². The summed E-state index contributed by atoms with van der Waals surface area (Å²) in [6.07, 6.45) is -11.0. The number of hydrogen-bond donors (Lipinski definition) is 1. The van der Waals surface area contributed by atoms with Crippen molar-refractivity contribution in [1.29, 1.82) is 5.26 Å². The lowest BCUT2D eigenvalue weighted by atomic mass is 9.88. The predicted molar refractivity (Wildman–Crippen MR) is 82.3 cm³/mol. The highest BCUT2D eigenvalue weighted by atomic mass is 19.4. The second kappa shape index (κ2) is 8.12. The largest absolute Gasteiger partial charge is 0.433 e. The van der Waals surface area contributed by atoms with E-state index in [9.17, 15) is 36.7 Å². The molecule has 0 saturated heterocycles. The van der Waals surface area contributed by atoms with E-state index < -0.39 is 41.9 Å². The zero-order valence-electron chi connectivity index (χ0n) is 14.2. The van der Waals surface area contributed by atoms with Crippen molar-refractivity contribution in [1.82, 2.24) is 9.97 Å². The third-order valence-electron chi connectivity index (χ3n) is 3.89. The smallest absolute Gasteiger partial charge is 0.387 e. The van der Waals surface area contributed by atoms with Crippen molar-refractivity contribution in [2.24, 2.45) is 5.92 Å². The summed E-state index contributed by atoms with van der Waals surface area (Å²) in [4.78, 5) is 6.35. The molecule has 150 valence electrons. The molecule has 0 radical (unpaired) electrons. The van der Waals surface area contributed by atoms with E-state index in [0.717, 1.165) is 31.6 Å². The van der Waals surface area contributed by atoms with Crippen LogP contribution in [0.25, 0.3) is 0 Å². The van der Waals surface area contributed by atoms with Gasteiger partial charge >= 0.3 is 12.4 Å². The first-order chi connectivity index (χ1) is 13.0. The zero-order valence-corrected chi connectivity index (χ0v) is 14.2. The predicted octanol–water partition coefficient (Wildman–Crippen LogP) is 4.08. The fraction of sp³-hybridized carbons (Fsp3) is 0.353. The number of rotatable bonds is 5. The van der Waals surface area contributed by atoms with Crippen LogP contribution in [0, 0.1) is 17.2 Å². The van der Waals surface area contributed by atoms with Crippen LogP contribution in [0.1, 0.15) is 34.7 Å². The van der Waals surface area contributed by atoms with E-state index >= 15 is 0 Å². The highest BCUT2D eigenvalue weighted by Crippen LogP contribution is 2.38. The van der Waals surface area contributed by atoms with Gasteiger partial charge in [0.05, 0.1) is 12.2 Å². The van der Waals surface area contributed by atoms with Crippen LogP contribution >= 0.6 is 0 Å². The fourth-order valence-corrected chi connectivity index (χ4v) is 2.57. The van der Waals surface area contributed by atoms with Gasteiger partial charge in [-0.25, -0.2) is 0 Å². The maximum atomic E-state index is 12.9. The summed E-state index contributed by atoms with van der Waals surface area (Å²) >= 11 is 0. The first kappa shape index (κ1) is 21.6. The van der Waals surface area contributed by atoms with Crippen molar-refractivity contribution < 1.29 is 36.2 Å². The summed E-state index contributed by atoms with van der Waals surface area (Å²) in [5.41, 5.74) is -2.90. The van der Waals surface area contributed by atoms with Gasteiger partial charge in [0.15, 0.2) is 0 Å². The summed E-state index contributed by atoms with van der Waals surface area (Å²) in [5.74, 6) is -1.50. The standard InChI is InChI=1S/C17H13F6N3O2/c1-28-15(10-3-5-26-13(7-10)17(21,22)23)11(8-24)14(27)9-2-4-25-12(6-9)16(18,19)20/h2-7,11,14-15,27H,1H3. The number of ether oxygens (including phenoxy) is 1. The molecule has 3 unspecified atom stereocenters. The normalized spacial score (nSPS) is 15.5. The van der Waals surface area contributed by atoms with E-state index in [1.165, 1.54) is 0 Å². The minimum Gasteiger partial charge on any atom is -0.387 e. The van der Waals surface area contributed by atoms with Crippen LogP contribution in [-0.2, 0) is 17.1 Å². The minimum absolute atomic E-state index is 0.111. The summed E-state index contributed by atoms with van der Waals surface area (Å²) in [6, 6.07) is 5.14. The number of aliphatic hydroxyl groups excluding tert-OH is 1. The van der Waals surface area contributed by atoms with Gasteiger partial charge in [0.1, 0.15) is 23.4 Å². The number of aliphatic hydroxyl groups is 1. The molecule has 0 aliphatic carbocycles. The molecule has 2 rings (SSSR count). The molecule has 3 atom stereocenters. The van der Waals surface area contributed by atoms with E-state index in [1.807, 2.05) is 0 Å². The first-order valence-electron chi connectivity index (χ1n) is 7.65. The minimum atomic E-state index is -4.77. The summed E-state index contributed by atoms with van der Waals surface area (Å²) in [7, 11) is 1.10. The molecule has 5 nitrogen and oxygen atoms in total. The van der Waals surface area contributed by atoms with Crippen molar-refractivity contribution in [2.45, 2.75) is 24.6 Å². The zero-order chi connectivity index (χ0) is 21.1. The molecular formula is C17H13F6N3O2. The van der Waals surface area contributed by atoms with E-state index in [1.54, 1.807) is 6.07 Å². The number of hydrogen-bond acceptors (Lipinski definition) is 5. The first-order valence-corrected chi connectivity index (χ1v) is 7.65. The molecule has 0 aliphatic heterocycles. The van der Waals surface area contributed by atoms with Crippen molar-refractivity contribution >= 4 is 0 Å². The lowest BCUT2D eigenvalue weighted by molar-refractivity contribution is -0.142. The maximum Gasteiger partial charge on any atom is 0.433 e. The van der Waals surface area contributed by atoms with Crippen LogP contribution in [0.3, 0.4) is 0 Å². The van der Waals surface area contributed by atoms with E-state index in [-0.39, 0.29) is 11.1 Å². The highest BCUT2D eigenvalue weighted by molar-refractivity contribution is 5.27. The van der Waals surface area contributed by atoms with Gasteiger partial charge in [-0.15, -0.1) is 0 Å². The van der Waals surface area contributed by atoms with Gasteiger partial charge in [-0.2, -0.15) is 31.6 Å². The molecule has 2 aromatic heterocycles. The molecule has 0 aromatic carbocycles. The van der Waals surface area contributed by atoms with Crippen molar-refractivity contribution in [3.8, 4) is 6.07 Å². The Morgan fingerprint density at radius 2 is 1.43 bits per heavy atom. The lowest BCUT2D eigenvalue weighted by Crippen LogP contribution is -2.22. The average molecular weight is 405 g/mol. The van der Waals surface area contributed by atoms with Crippen LogP contribution in [0.2, 0.25) is 0 Å². The van der Waals surface area contributed by atoms with Gasteiger partial charge < -0.3 is 9.84 Å². The van der Waals surface area contributed by atoms with E-state index in [0.29, 0.717) is 12.1 Å². The van der Waals surface area contributed by atoms with Crippen molar-refractivity contribution in [3.63, 3.8) is 0 Å². The number of nitrogens with zero attached hydrogens (tertiary/aromatic N) is 3. The second-order valence-corrected chi connectivity index (χ2v) is 5.70. The van der Waals surface area contributed by atoms with Gasteiger partial charge in [-0.3, -0.25) is 9.97 Å². The molecule has 2 heterocycles. The Morgan fingerprint density at radius 3 is 1.86 bits per heavy atom. The third kappa shape index (κ3) is 4.76. The average Bonchev–Trinajstić information content (AvgIpc) is 2.64. The summed E-state index contributed by atoms with van der Waals surface area (Å²) < 4.78 is 82.1. The van der Waals surface area contributed by atoms with Crippen molar-refractivity contribution in [3.05, 3.63) is 59.2 Å². The van der Waals surface area contributed by atoms with Gasteiger partial charge in [0, 0.05) is 19.5 Å². The molecule has 2 aromatic rings. The Labute approximate surface area is 155 Å². The van der Waals surface area contributed by atoms with Gasteiger partial charge in [0.2, 0.25) is 0 Å². The third-order valence-corrected chi connectivity index (χ3v) is 3.89. The molecule has 11 heteroatoms. The fourth-order valence-electron chi connectivity index (χ4n) is 2.57. The monoisotopic (exact) mass is 405 g/mol. The number of alkyl halides is 6. The quantitative estimate of drug-likeness (QED) is 0.759. The van der Waals surface area contributed by atoms with Crippen LogP contribution in [0.15, 0.2) is 36.7 Å². The maximum absolute atomic E-state index is 12.9. The molecule has 0 spiro atoms. The van der Waals surface area contributed by atoms with Crippen LogP contribution in [-0.4, -0.2) is 22.2 Å². The summed E-state index contributed by atoms with van der Waals surface area (Å²) in [6.45, 7) is 0. The molecule has 0 saturated carbocycles. The Morgan fingerprint density at radius 1 is 0.964 bits per heavy atom. The molecule has 0 bridgehead atoms. The number of halogens is 6. The number of pyridine rings is 2. The van der Waals surface area contributed by atoms with Crippen molar-refractivity contribution in [2.75, 3.05) is 7.11 Å². The highest BCUT2D eigenvalue weighted by Gasteiger charge is 2.37. The Bertz CT molecular complexity index is 863. The van der Waals surface area contributed by atoms with Gasteiger partial charge in [0.25, 0.3) is 0 Å². The van der Waals surface area contributed by atoms with Crippen LogP contribution in [0.4, 0.5) is 26.3 Å². The Balaban J connectivity index is 2.41. The lowest BCUT2D eigenvalue weighted by Gasteiger charge is -2.26. The van der Waals surface area contributed by atoms with Crippen LogP contribution in [0.5, 0.6) is 0 Å². The molecular weight excluding hydrogens is 392 g/mol. The summed E-state index contributed by atoms with van der Waals surface area (Å²) in [5, 5.41) is 19.8. The topological polar surface area (TPSA) is 79.0 Å². The molecule has 0 amide bonds. The second-order valence-electron chi connectivity index (χ2n) is 5.70. The Hall–Kier alpha value is -2.71. The number of aromatic nitrogens is 2. The van der Waals surface area contributed by atoms with Gasteiger partial charge in [-0.1, -0.05) is 0 Å².